The smallest absolute Gasteiger partial charge is 0.249 e. The van der Waals surface area contributed by atoms with E-state index in [2.05, 4.69) is 22.0 Å². The van der Waals surface area contributed by atoms with Crippen LogP contribution in [0.15, 0.2) is 42.5 Å². The van der Waals surface area contributed by atoms with Crippen LogP contribution in [0.25, 0.3) is 0 Å². The molecule has 0 aromatic heterocycles. The number of ether oxygens (including phenoxy) is 1. The molecule has 0 saturated carbocycles. The average molecular weight is 533 g/mol. The zero-order valence-electron chi connectivity index (χ0n) is 21.6. The molecule has 0 aliphatic carbocycles. The molecule has 0 radical (unpaired) electrons. The number of hydrogen-bond acceptors (Lipinski definition) is 4. The van der Waals surface area contributed by atoms with Gasteiger partial charge in [-0.05, 0) is 87.5 Å². The standard InChI is InChI=1S/C29H39Cl2N3O2/c1-3-19-36-25-10-8-9-22(20-25)29(28(35)32-4-2,23-11-12-26(30)27(31)21-23)34-17-13-24(14-18-34)33-15-6-5-7-16-33/h8-12,20-21,24H,3-7,13-19H2,1-2H3,(H,32,35). The van der Waals surface area contributed by atoms with Crippen LogP contribution in [0.4, 0.5) is 0 Å². The molecule has 4 rings (SSSR count). The van der Waals surface area contributed by atoms with Crippen molar-refractivity contribution in [2.24, 2.45) is 0 Å². The predicted molar refractivity (Wildman–Crippen MR) is 148 cm³/mol. The van der Waals surface area contributed by atoms with Crippen LogP contribution in [-0.4, -0.2) is 61.1 Å². The fourth-order valence-electron chi connectivity index (χ4n) is 5.83. The van der Waals surface area contributed by atoms with Gasteiger partial charge < -0.3 is 15.0 Å². The van der Waals surface area contributed by atoms with E-state index in [-0.39, 0.29) is 5.91 Å². The largest absolute Gasteiger partial charge is 0.494 e. The van der Waals surface area contributed by atoms with E-state index in [0.29, 0.717) is 29.2 Å². The van der Waals surface area contributed by atoms with Gasteiger partial charge in [-0.1, -0.05) is 54.7 Å². The monoisotopic (exact) mass is 531 g/mol. The van der Waals surface area contributed by atoms with Crippen molar-refractivity contribution in [2.75, 3.05) is 39.3 Å². The van der Waals surface area contributed by atoms with Crippen LogP contribution in [-0.2, 0) is 10.3 Å². The Bertz CT molecular complexity index is 1020. The summed E-state index contributed by atoms with van der Waals surface area (Å²) < 4.78 is 5.99. The Labute approximate surface area is 226 Å². The van der Waals surface area contributed by atoms with Gasteiger partial charge in [-0.3, -0.25) is 9.69 Å². The van der Waals surface area contributed by atoms with Crippen molar-refractivity contribution < 1.29 is 9.53 Å². The van der Waals surface area contributed by atoms with Gasteiger partial charge in [-0.15, -0.1) is 0 Å². The first-order valence-corrected chi connectivity index (χ1v) is 14.2. The van der Waals surface area contributed by atoms with Crippen LogP contribution in [0, 0.1) is 0 Å². The first kappa shape index (κ1) is 27.3. The third kappa shape index (κ3) is 5.70. The molecule has 1 unspecified atom stereocenters. The lowest BCUT2D eigenvalue weighted by Gasteiger charge is -2.48. The fourth-order valence-corrected chi connectivity index (χ4v) is 6.13. The molecular weight excluding hydrogens is 493 g/mol. The fraction of sp³-hybridized carbons (Fsp3) is 0.552. The van der Waals surface area contributed by atoms with Gasteiger partial charge in [0.15, 0.2) is 5.54 Å². The van der Waals surface area contributed by atoms with Crippen molar-refractivity contribution in [1.29, 1.82) is 0 Å². The molecule has 1 N–H and O–H groups in total. The zero-order chi connectivity index (χ0) is 25.5. The number of likely N-dealkylation sites (tertiary alicyclic amines) is 2. The number of carbonyl (C=O) groups is 1. The van der Waals surface area contributed by atoms with E-state index in [1.807, 2.05) is 43.3 Å². The second kappa shape index (κ2) is 12.6. The molecule has 36 heavy (non-hydrogen) atoms. The third-order valence-electron chi connectivity index (χ3n) is 7.57. The van der Waals surface area contributed by atoms with E-state index in [4.69, 9.17) is 27.9 Å². The molecule has 2 saturated heterocycles. The summed E-state index contributed by atoms with van der Waals surface area (Å²) in [5.74, 6) is 0.721. The summed E-state index contributed by atoms with van der Waals surface area (Å²) in [6.07, 6.45) is 6.91. The SMILES string of the molecule is CCCOc1cccc(C(C(=O)NCC)(c2ccc(Cl)c(Cl)c2)N2CCC(N3CCCCC3)CC2)c1. The van der Waals surface area contributed by atoms with E-state index in [9.17, 15) is 4.79 Å². The number of likely N-dealkylation sites (N-methyl/N-ethyl adjacent to an activating group) is 1. The Morgan fingerprint density at radius 2 is 1.69 bits per heavy atom. The van der Waals surface area contributed by atoms with Gasteiger partial charge in [0.1, 0.15) is 5.75 Å². The molecule has 5 nitrogen and oxygen atoms in total. The van der Waals surface area contributed by atoms with Crippen molar-refractivity contribution in [2.45, 2.75) is 64.0 Å². The number of amides is 1. The van der Waals surface area contributed by atoms with Crippen LogP contribution >= 0.6 is 23.2 Å². The number of nitrogens with one attached hydrogen (secondary N) is 1. The van der Waals surface area contributed by atoms with Gasteiger partial charge >= 0.3 is 0 Å². The third-order valence-corrected chi connectivity index (χ3v) is 8.31. The lowest BCUT2D eigenvalue weighted by Crippen LogP contribution is -2.60. The molecule has 7 heteroatoms. The molecule has 1 atom stereocenters. The highest BCUT2D eigenvalue weighted by atomic mass is 35.5. The van der Waals surface area contributed by atoms with E-state index < -0.39 is 5.54 Å². The van der Waals surface area contributed by atoms with Crippen LogP contribution < -0.4 is 10.1 Å². The number of halogens is 2. The minimum atomic E-state index is -1.04. The average Bonchev–Trinajstić information content (AvgIpc) is 2.91. The Kier molecular flexibility index (Phi) is 9.57. The molecule has 2 aliphatic heterocycles. The van der Waals surface area contributed by atoms with E-state index in [1.54, 1.807) is 6.07 Å². The maximum absolute atomic E-state index is 14.2. The summed E-state index contributed by atoms with van der Waals surface area (Å²) in [5, 5.41) is 4.07. The first-order valence-electron chi connectivity index (χ1n) is 13.5. The number of nitrogens with zero attached hydrogens (tertiary/aromatic N) is 2. The molecule has 2 aromatic carbocycles. The van der Waals surface area contributed by atoms with Crippen LogP contribution in [0.3, 0.4) is 0 Å². The Balaban J connectivity index is 1.78. The van der Waals surface area contributed by atoms with Crippen LogP contribution in [0.5, 0.6) is 5.75 Å². The predicted octanol–water partition coefficient (Wildman–Crippen LogP) is 6.11. The molecule has 1 amide bonds. The number of hydrogen-bond donors (Lipinski definition) is 1. The summed E-state index contributed by atoms with van der Waals surface area (Å²) in [5.41, 5.74) is 0.673. The summed E-state index contributed by atoms with van der Waals surface area (Å²) in [4.78, 5) is 19.2. The highest BCUT2D eigenvalue weighted by Gasteiger charge is 2.49. The maximum atomic E-state index is 14.2. The van der Waals surface area contributed by atoms with Gasteiger partial charge in [-0.25, -0.2) is 0 Å². The minimum Gasteiger partial charge on any atom is -0.494 e. The van der Waals surface area contributed by atoms with Crippen molar-refractivity contribution in [1.82, 2.24) is 15.1 Å². The van der Waals surface area contributed by atoms with Crippen molar-refractivity contribution >= 4 is 29.1 Å². The Morgan fingerprint density at radius 1 is 0.972 bits per heavy atom. The Morgan fingerprint density at radius 3 is 2.36 bits per heavy atom. The lowest BCUT2D eigenvalue weighted by molar-refractivity contribution is -0.133. The van der Waals surface area contributed by atoms with E-state index in [0.717, 1.165) is 49.2 Å². The molecule has 2 heterocycles. The topological polar surface area (TPSA) is 44.8 Å². The van der Waals surface area contributed by atoms with Crippen LogP contribution in [0.1, 0.15) is 63.5 Å². The second-order valence-electron chi connectivity index (χ2n) is 9.89. The minimum absolute atomic E-state index is 0.0487. The van der Waals surface area contributed by atoms with Gasteiger partial charge in [0.25, 0.3) is 0 Å². The molecule has 2 aliphatic rings. The Hall–Kier alpha value is -1.79. The van der Waals surface area contributed by atoms with Crippen molar-refractivity contribution in [3.05, 3.63) is 63.6 Å². The highest BCUT2D eigenvalue weighted by molar-refractivity contribution is 6.42. The van der Waals surface area contributed by atoms with Crippen molar-refractivity contribution in [3.63, 3.8) is 0 Å². The summed E-state index contributed by atoms with van der Waals surface area (Å²) in [7, 11) is 0. The molecular formula is C29H39Cl2N3O2. The molecule has 196 valence electrons. The maximum Gasteiger partial charge on any atom is 0.249 e. The molecule has 0 spiro atoms. The summed E-state index contributed by atoms with van der Waals surface area (Å²) in [6, 6.07) is 14.2. The number of benzene rings is 2. The highest BCUT2D eigenvalue weighted by Crippen LogP contribution is 2.42. The van der Waals surface area contributed by atoms with Crippen LogP contribution in [0.2, 0.25) is 10.0 Å². The molecule has 0 bridgehead atoms. The van der Waals surface area contributed by atoms with Gasteiger partial charge in [0, 0.05) is 25.7 Å². The number of rotatable bonds is 9. The van der Waals surface area contributed by atoms with Gasteiger partial charge in [-0.2, -0.15) is 0 Å². The zero-order valence-corrected chi connectivity index (χ0v) is 23.1. The number of carbonyl (C=O) groups excluding carboxylic acids is 1. The summed E-state index contributed by atoms with van der Waals surface area (Å²) in [6.45, 7) is 9.23. The summed E-state index contributed by atoms with van der Waals surface area (Å²) >= 11 is 12.9. The lowest BCUT2D eigenvalue weighted by atomic mass is 9.78. The molecule has 2 fully saturated rings. The van der Waals surface area contributed by atoms with Gasteiger partial charge in [0.2, 0.25) is 5.91 Å². The van der Waals surface area contributed by atoms with E-state index in [1.165, 1.54) is 32.4 Å². The van der Waals surface area contributed by atoms with Crippen molar-refractivity contribution in [3.8, 4) is 5.75 Å². The van der Waals surface area contributed by atoms with E-state index >= 15 is 0 Å². The molecule has 2 aromatic rings. The first-order chi connectivity index (χ1) is 17.5. The second-order valence-corrected chi connectivity index (χ2v) is 10.7. The van der Waals surface area contributed by atoms with Gasteiger partial charge in [0.05, 0.1) is 16.7 Å². The normalized spacial score (nSPS) is 19.6. The quantitative estimate of drug-likeness (QED) is 0.423. The number of piperidine rings is 2.